The van der Waals surface area contributed by atoms with Crippen molar-refractivity contribution in [1.82, 2.24) is 10.8 Å². The molecule has 0 bridgehead atoms. The lowest BCUT2D eigenvalue weighted by molar-refractivity contribution is -0.124. The average Bonchev–Trinajstić information content (AvgIpc) is 2.71. The molecule has 8 nitrogen and oxygen atoms in total. The highest BCUT2D eigenvalue weighted by Gasteiger charge is 2.23. The van der Waals surface area contributed by atoms with Gasteiger partial charge in [-0.2, -0.15) is 0 Å². The number of alkyl carbamates (subject to hydrolysis) is 1. The molecule has 28 heavy (non-hydrogen) atoms. The summed E-state index contributed by atoms with van der Waals surface area (Å²) < 4.78 is 5.40. The van der Waals surface area contributed by atoms with Crippen LogP contribution >= 0.6 is 0 Å². The summed E-state index contributed by atoms with van der Waals surface area (Å²) in [4.78, 5) is 35.5. The van der Waals surface area contributed by atoms with E-state index >= 15 is 0 Å². The van der Waals surface area contributed by atoms with Gasteiger partial charge >= 0.3 is 6.09 Å². The third kappa shape index (κ3) is 5.96. The fourth-order valence-corrected chi connectivity index (χ4v) is 2.42. The van der Waals surface area contributed by atoms with Crippen molar-refractivity contribution in [1.29, 1.82) is 0 Å². The van der Waals surface area contributed by atoms with Gasteiger partial charge in [0.05, 0.1) is 0 Å². The molecule has 0 aliphatic heterocycles. The fraction of sp³-hybridized carbons (Fsp3) is 0.150. The molecule has 0 aromatic heterocycles. The molecular formula is C20H20N2O6. The van der Waals surface area contributed by atoms with Crippen molar-refractivity contribution in [2.24, 2.45) is 5.92 Å². The minimum atomic E-state index is -0.959. The minimum absolute atomic E-state index is 0.0362. The standard InChI is InChI=1S/C20H20N2O6/c1-13(7-12-17(24)22-27)18(14-8-10-16(23)11-9-14)28-20(26)21-19(25)15-5-3-2-4-6-15/h2-13,18,23,27H,1H3,(H,22,24)(H,21,25,26)/b12-7+/t13-,18-/m1/s1. The lowest BCUT2D eigenvalue weighted by Crippen LogP contribution is -2.33. The van der Waals surface area contributed by atoms with Crippen molar-refractivity contribution in [3.63, 3.8) is 0 Å². The lowest BCUT2D eigenvalue weighted by Gasteiger charge is -2.22. The molecule has 0 fully saturated rings. The summed E-state index contributed by atoms with van der Waals surface area (Å²) in [7, 11) is 0. The van der Waals surface area contributed by atoms with Crippen molar-refractivity contribution >= 4 is 17.9 Å². The minimum Gasteiger partial charge on any atom is -0.508 e. The molecule has 0 unspecified atom stereocenters. The Morgan fingerprint density at radius 2 is 1.68 bits per heavy atom. The molecule has 2 aromatic rings. The van der Waals surface area contributed by atoms with Crippen LogP contribution in [0.2, 0.25) is 0 Å². The second-order valence-corrected chi connectivity index (χ2v) is 5.93. The molecule has 3 amide bonds. The second kappa shape index (κ2) is 9.89. The van der Waals surface area contributed by atoms with E-state index in [1.807, 2.05) is 0 Å². The van der Waals surface area contributed by atoms with Crippen molar-refractivity contribution in [2.45, 2.75) is 13.0 Å². The van der Waals surface area contributed by atoms with Gasteiger partial charge in [-0.3, -0.25) is 20.1 Å². The van der Waals surface area contributed by atoms with Gasteiger partial charge in [-0.05, 0) is 29.8 Å². The Kier molecular flexibility index (Phi) is 7.29. The summed E-state index contributed by atoms with van der Waals surface area (Å²) >= 11 is 0. The summed E-state index contributed by atoms with van der Waals surface area (Å²) in [6.45, 7) is 1.69. The number of hydrogen-bond donors (Lipinski definition) is 4. The smallest absolute Gasteiger partial charge is 0.414 e. The number of hydroxylamine groups is 1. The maximum Gasteiger partial charge on any atom is 0.414 e. The number of aromatic hydroxyl groups is 1. The highest BCUT2D eigenvalue weighted by atomic mass is 16.6. The zero-order chi connectivity index (χ0) is 20.5. The average molecular weight is 384 g/mol. The number of imide groups is 1. The molecule has 2 rings (SSSR count). The van der Waals surface area contributed by atoms with E-state index < -0.39 is 29.9 Å². The van der Waals surface area contributed by atoms with Crippen molar-refractivity contribution in [3.8, 4) is 5.75 Å². The van der Waals surface area contributed by atoms with E-state index in [0.717, 1.165) is 6.08 Å². The van der Waals surface area contributed by atoms with Crippen molar-refractivity contribution < 1.29 is 29.4 Å². The van der Waals surface area contributed by atoms with Crippen LogP contribution in [-0.4, -0.2) is 28.2 Å². The van der Waals surface area contributed by atoms with Crippen LogP contribution in [-0.2, 0) is 9.53 Å². The molecule has 0 heterocycles. The number of carbonyl (C=O) groups is 3. The van der Waals surface area contributed by atoms with Crippen LogP contribution in [0.25, 0.3) is 0 Å². The third-order valence-electron chi connectivity index (χ3n) is 3.85. The Labute approximate surface area is 161 Å². The number of phenols is 1. The Bertz CT molecular complexity index is 849. The topological polar surface area (TPSA) is 125 Å². The van der Waals surface area contributed by atoms with Crippen LogP contribution in [0.5, 0.6) is 5.75 Å². The van der Waals surface area contributed by atoms with E-state index in [1.54, 1.807) is 49.4 Å². The molecule has 0 saturated heterocycles. The fourth-order valence-electron chi connectivity index (χ4n) is 2.42. The normalized spacial score (nSPS) is 12.8. The third-order valence-corrected chi connectivity index (χ3v) is 3.85. The second-order valence-electron chi connectivity index (χ2n) is 5.93. The van der Waals surface area contributed by atoms with Gasteiger partial charge in [0.25, 0.3) is 11.8 Å². The van der Waals surface area contributed by atoms with E-state index in [-0.39, 0.29) is 5.75 Å². The number of amides is 3. The van der Waals surface area contributed by atoms with E-state index in [9.17, 15) is 19.5 Å². The van der Waals surface area contributed by atoms with Gasteiger partial charge in [0.15, 0.2) is 0 Å². The first-order valence-electron chi connectivity index (χ1n) is 8.39. The highest BCUT2D eigenvalue weighted by Crippen LogP contribution is 2.28. The van der Waals surface area contributed by atoms with Crippen LogP contribution in [0.4, 0.5) is 4.79 Å². The first kappa shape index (κ1) is 20.7. The van der Waals surface area contributed by atoms with Gasteiger partial charge < -0.3 is 9.84 Å². The number of ether oxygens (including phenoxy) is 1. The summed E-state index contributed by atoms with van der Waals surface area (Å²) in [5.74, 6) is -1.80. The summed E-state index contributed by atoms with van der Waals surface area (Å²) in [5, 5.41) is 20.2. The van der Waals surface area contributed by atoms with Crippen molar-refractivity contribution in [2.75, 3.05) is 0 Å². The molecule has 2 atom stereocenters. The number of phenolic OH excluding ortho intramolecular Hbond substituents is 1. The van der Waals surface area contributed by atoms with Crippen LogP contribution in [0.3, 0.4) is 0 Å². The number of hydrogen-bond acceptors (Lipinski definition) is 6. The van der Waals surface area contributed by atoms with Crippen LogP contribution in [0.15, 0.2) is 66.7 Å². The highest BCUT2D eigenvalue weighted by molar-refractivity contribution is 6.02. The molecule has 146 valence electrons. The molecule has 2 aromatic carbocycles. The Balaban J connectivity index is 2.15. The monoisotopic (exact) mass is 384 g/mol. The molecule has 4 N–H and O–H groups in total. The number of nitrogens with one attached hydrogen (secondary N) is 2. The Morgan fingerprint density at radius 1 is 1.04 bits per heavy atom. The van der Waals surface area contributed by atoms with E-state index in [2.05, 4.69) is 5.32 Å². The zero-order valence-corrected chi connectivity index (χ0v) is 15.0. The zero-order valence-electron chi connectivity index (χ0n) is 15.0. The lowest BCUT2D eigenvalue weighted by atomic mass is 9.96. The molecule has 8 heteroatoms. The first-order valence-corrected chi connectivity index (χ1v) is 8.39. The van der Waals surface area contributed by atoms with Gasteiger partial charge in [0.2, 0.25) is 0 Å². The van der Waals surface area contributed by atoms with Crippen LogP contribution < -0.4 is 10.8 Å². The molecule has 0 aliphatic carbocycles. The van der Waals surface area contributed by atoms with Crippen LogP contribution in [0, 0.1) is 5.92 Å². The number of rotatable bonds is 6. The molecule has 0 radical (unpaired) electrons. The first-order chi connectivity index (χ1) is 13.4. The SMILES string of the molecule is C[C@H](/C=C/C(=O)NO)[C@@H](OC(=O)NC(=O)c1ccccc1)c1ccc(O)cc1. The van der Waals surface area contributed by atoms with Gasteiger partial charge in [-0.25, -0.2) is 10.3 Å². The maximum atomic E-state index is 12.2. The summed E-state index contributed by atoms with van der Waals surface area (Å²) in [6, 6.07) is 14.2. The molecule has 0 spiro atoms. The van der Waals surface area contributed by atoms with Gasteiger partial charge in [0.1, 0.15) is 11.9 Å². The number of carbonyl (C=O) groups excluding carboxylic acids is 3. The van der Waals surface area contributed by atoms with E-state index in [1.165, 1.54) is 23.7 Å². The Morgan fingerprint density at radius 3 is 2.29 bits per heavy atom. The Hall–Kier alpha value is -3.65. The number of benzene rings is 2. The van der Waals surface area contributed by atoms with Gasteiger partial charge in [0, 0.05) is 17.6 Å². The van der Waals surface area contributed by atoms with Gasteiger partial charge in [-0.1, -0.05) is 43.3 Å². The van der Waals surface area contributed by atoms with E-state index in [0.29, 0.717) is 11.1 Å². The summed E-state index contributed by atoms with van der Waals surface area (Å²) in [6.07, 6.45) is 0.717. The predicted molar refractivity (Wildman–Crippen MR) is 99.5 cm³/mol. The molecular weight excluding hydrogens is 364 g/mol. The summed E-state index contributed by atoms with van der Waals surface area (Å²) in [5.41, 5.74) is 2.31. The largest absolute Gasteiger partial charge is 0.508 e. The molecule has 0 aliphatic rings. The van der Waals surface area contributed by atoms with E-state index in [4.69, 9.17) is 9.94 Å². The molecule has 0 saturated carbocycles. The van der Waals surface area contributed by atoms with Crippen LogP contribution in [0.1, 0.15) is 28.9 Å². The predicted octanol–water partition coefficient (Wildman–Crippen LogP) is 2.70. The van der Waals surface area contributed by atoms with Crippen molar-refractivity contribution in [3.05, 3.63) is 77.9 Å². The quantitative estimate of drug-likeness (QED) is 0.345. The van der Waals surface area contributed by atoms with Gasteiger partial charge in [-0.15, -0.1) is 0 Å². The maximum absolute atomic E-state index is 12.2.